The fourth-order valence-electron chi connectivity index (χ4n) is 11.1. The van der Waals surface area contributed by atoms with E-state index in [0.717, 1.165) is 102 Å². The lowest BCUT2D eigenvalue weighted by Crippen LogP contribution is -2.30. The van der Waals surface area contributed by atoms with Crippen molar-refractivity contribution in [1.29, 1.82) is 0 Å². The first kappa shape index (κ1) is 90.1. The van der Waals surface area contributed by atoms with Crippen molar-refractivity contribution < 1.29 is 80.2 Å². The van der Waals surface area contributed by atoms with Gasteiger partial charge in [0.15, 0.2) is 12.2 Å². The standard InChI is InChI=1S/C73H142O17P2/c1-7-10-12-14-16-18-20-22-24-26-28-30-32-36-43-49-55-70(75)83-61-68(89-72(77)57-51-45-37-33-31-29-27-25-23-21-19-17-15-13-11-8-2)63-87-91(79,80)85-59-67(74)60-86-92(81,82)88-64-69(90-73(78)58-52-46-38-34-35-41-47-53-65(4)5)62-84-71(76)56-50-44-40-39-42-48-54-66(6)9-3/h65-69,74H,7-64H2,1-6H3,(H,79,80)(H,81,82)/t66?,67-,68-,69-/m1/s1. The third-order valence-electron chi connectivity index (χ3n) is 17.3. The number of rotatable bonds is 72. The minimum atomic E-state index is -4.95. The zero-order valence-electron chi connectivity index (χ0n) is 59.9. The first-order valence-electron chi connectivity index (χ1n) is 38.0. The number of esters is 4. The Kier molecular flexibility index (Phi) is 63.7. The van der Waals surface area contributed by atoms with Crippen LogP contribution in [0.5, 0.6) is 0 Å². The topological polar surface area (TPSA) is 237 Å². The molecule has 0 spiro atoms. The highest BCUT2D eigenvalue weighted by atomic mass is 31.2. The van der Waals surface area contributed by atoms with Gasteiger partial charge in [-0.3, -0.25) is 37.3 Å². The summed E-state index contributed by atoms with van der Waals surface area (Å²) >= 11 is 0. The SMILES string of the molecule is CCCCCCCCCCCCCCCCCCC(=O)OC[C@H](COP(=O)(O)OC[C@@H](O)COP(=O)(O)OC[C@@H](COC(=O)CCCCCCCCC(C)CC)OC(=O)CCCCCCCCCC(C)C)OC(=O)CCCCCCCCCCCCCCCCCC. The third kappa shape index (κ3) is 65.4. The Hall–Kier alpha value is -1.94. The van der Waals surface area contributed by atoms with Gasteiger partial charge >= 0.3 is 39.5 Å². The van der Waals surface area contributed by atoms with Gasteiger partial charge in [-0.2, -0.15) is 0 Å². The van der Waals surface area contributed by atoms with Gasteiger partial charge in [0.1, 0.15) is 19.3 Å². The molecular weight excluding hydrogens is 1210 g/mol. The van der Waals surface area contributed by atoms with Crippen molar-refractivity contribution in [1.82, 2.24) is 0 Å². The van der Waals surface area contributed by atoms with Crippen LogP contribution in [-0.4, -0.2) is 96.7 Å². The summed E-state index contributed by atoms with van der Waals surface area (Å²) in [5, 5.41) is 10.6. The van der Waals surface area contributed by atoms with E-state index in [1.54, 1.807) is 0 Å². The monoisotopic (exact) mass is 1350 g/mol. The van der Waals surface area contributed by atoms with Crippen LogP contribution in [0.15, 0.2) is 0 Å². The van der Waals surface area contributed by atoms with Gasteiger partial charge in [-0.1, -0.05) is 324 Å². The third-order valence-corrected chi connectivity index (χ3v) is 19.2. The predicted octanol–water partition coefficient (Wildman–Crippen LogP) is 21.2. The fraction of sp³-hybridized carbons (Fsp3) is 0.945. The van der Waals surface area contributed by atoms with Gasteiger partial charge in [0, 0.05) is 25.7 Å². The number of carbonyl (C=O) groups is 4. The summed E-state index contributed by atoms with van der Waals surface area (Å²) in [5.74, 6) is -0.696. The number of hydrogen-bond acceptors (Lipinski definition) is 15. The van der Waals surface area contributed by atoms with Crippen molar-refractivity contribution >= 4 is 39.5 Å². The molecule has 0 fully saturated rings. The van der Waals surface area contributed by atoms with E-state index >= 15 is 0 Å². The molecule has 0 aliphatic carbocycles. The van der Waals surface area contributed by atoms with E-state index in [1.807, 2.05) is 0 Å². The fourth-order valence-corrected chi connectivity index (χ4v) is 12.7. The summed E-state index contributed by atoms with van der Waals surface area (Å²) in [6.07, 6.45) is 51.5. The normalized spacial score (nSPS) is 14.4. The largest absolute Gasteiger partial charge is 0.472 e. The lowest BCUT2D eigenvalue weighted by atomic mass is 10.00. The van der Waals surface area contributed by atoms with Crippen LogP contribution in [0.2, 0.25) is 0 Å². The van der Waals surface area contributed by atoms with E-state index in [9.17, 15) is 43.2 Å². The van der Waals surface area contributed by atoms with Crippen molar-refractivity contribution in [3.63, 3.8) is 0 Å². The van der Waals surface area contributed by atoms with E-state index in [4.69, 9.17) is 37.0 Å². The molecule has 0 saturated heterocycles. The molecule has 19 heteroatoms. The molecule has 0 rings (SSSR count). The lowest BCUT2D eigenvalue weighted by Gasteiger charge is -2.21. The van der Waals surface area contributed by atoms with Crippen molar-refractivity contribution in [3.8, 4) is 0 Å². The first-order chi connectivity index (χ1) is 44.4. The maximum atomic E-state index is 13.1. The first-order valence-corrected chi connectivity index (χ1v) is 41.0. The molecular formula is C73H142O17P2. The van der Waals surface area contributed by atoms with Gasteiger partial charge in [-0.15, -0.1) is 0 Å². The Morgan fingerprint density at radius 2 is 0.554 bits per heavy atom. The lowest BCUT2D eigenvalue weighted by molar-refractivity contribution is -0.161. The highest BCUT2D eigenvalue weighted by molar-refractivity contribution is 7.47. The molecule has 0 heterocycles. The number of hydrogen-bond donors (Lipinski definition) is 3. The van der Waals surface area contributed by atoms with Crippen LogP contribution in [0.25, 0.3) is 0 Å². The second kappa shape index (κ2) is 65.0. The molecule has 546 valence electrons. The summed E-state index contributed by atoms with van der Waals surface area (Å²) in [6.45, 7) is 9.47. The molecule has 0 radical (unpaired) electrons. The predicted molar refractivity (Wildman–Crippen MR) is 372 cm³/mol. The molecule has 17 nitrogen and oxygen atoms in total. The van der Waals surface area contributed by atoms with Crippen LogP contribution in [-0.2, 0) is 65.4 Å². The van der Waals surface area contributed by atoms with Gasteiger partial charge < -0.3 is 33.8 Å². The van der Waals surface area contributed by atoms with Gasteiger partial charge in [0.05, 0.1) is 26.4 Å². The maximum Gasteiger partial charge on any atom is 0.472 e. The summed E-state index contributed by atoms with van der Waals surface area (Å²) in [6, 6.07) is 0. The second-order valence-electron chi connectivity index (χ2n) is 27.1. The summed E-state index contributed by atoms with van der Waals surface area (Å²) in [5.41, 5.74) is 0. The van der Waals surface area contributed by atoms with Crippen LogP contribution < -0.4 is 0 Å². The van der Waals surface area contributed by atoms with Crippen molar-refractivity contribution in [2.45, 2.75) is 394 Å². The minimum Gasteiger partial charge on any atom is -0.462 e. The smallest absolute Gasteiger partial charge is 0.462 e. The van der Waals surface area contributed by atoms with Crippen molar-refractivity contribution in [2.75, 3.05) is 39.6 Å². The van der Waals surface area contributed by atoms with Gasteiger partial charge in [0.2, 0.25) is 0 Å². The average molecular weight is 1350 g/mol. The summed E-state index contributed by atoms with van der Waals surface area (Å²) in [7, 11) is -9.90. The molecule has 0 saturated carbocycles. The number of unbranched alkanes of at least 4 members (excludes halogenated alkanes) is 41. The van der Waals surface area contributed by atoms with Gasteiger partial charge in [-0.05, 0) is 37.5 Å². The number of phosphoric ester groups is 2. The van der Waals surface area contributed by atoms with Crippen molar-refractivity contribution in [3.05, 3.63) is 0 Å². The second-order valence-corrected chi connectivity index (χ2v) is 30.0. The maximum absolute atomic E-state index is 13.1. The Morgan fingerprint density at radius 3 is 0.826 bits per heavy atom. The molecule has 3 unspecified atom stereocenters. The molecule has 0 aromatic heterocycles. The number of carbonyl (C=O) groups excluding carboxylic acids is 4. The Labute approximate surface area is 562 Å². The van der Waals surface area contributed by atoms with Crippen LogP contribution >= 0.6 is 15.6 Å². The average Bonchev–Trinajstić information content (AvgIpc) is 1.92. The van der Waals surface area contributed by atoms with Gasteiger partial charge in [-0.25, -0.2) is 9.13 Å². The number of phosphoric acid groups is 2. The number of aliphatic hydroxyl groups excluding tert-OH is 1. The number of aliphatic hydroxyl groups is 1. The summed E-state index contributed by atoms with van der Waals surface area (Å²) in [4.78, 5) is 72.6. The minimum absolute atomic E-state index is 0.103. The Bertz CT molecular complexity index is 1790. The van der Waals surface area contributed by atoms with Crippen LogP contribution in [0, 0.1) is 11.8 Å². The molecule has 3 N–H and O–H groups in total. The Balaban J connectivity index is 5.23. The molecule has 0 aromatic carbocycles. The highest BCUT2D eigenvalue weighted by Crippen LogP contribution is 2.45. The summed E-state index contributed by atoms with van der Waals surface area (Å²) < 4.78 is 68.4. The molecule has 0 bridgehead atoms. The zero-order valence-corrected chi connectivity index (χ0v) is 61.6. The van der Waals surface area contributed by atoms with E-state index in [0.29, 0.717) is 31.6 Å². The van der Waals surface area contributed by atoms with Crippen LogP contribution in [0.4, 0.5) is 0 Å². The van der Waals surface area contributed by atoms with Gasteiger partial charge in [0.25, 0.3) is 0 Å². The van der Waals surface area contributed by atoms with E-state index in [2.05, 4.69) is 41.5 Å². The molecule has 92 heavy (non-hydrogen) atoms. The van der Waals surface area contributed by atoms with Crippen LogP contribution in [0.1, 0.15) is 375 Å². The zero-order chi connectivity index (χ0) is 67.9. The molecule has 0 aliphatic rings. The van der Waals surface area contributed by atoms with E-state index in [1.165, 1.54) is 186 Å². The molecule has 0 aliphatic heterocycles. The van der Waals surface area contributed by atoms with Crippen molar-refractivity contribution in [2.24, 2.45) is 11.8 Å². The molecule has 0 amide bonds. The molecule has 6 atom stereocenters. The highest BCUT2D eigenvalue weighted by Gasteiger charge is 2.30. The van der Waals surface area contributed by atoms with Crippen LogP contribution in [0.3, 0.4) is 0 Å². The molecule has 0 aromatic rings. The van der Waals surface area contributed by atoms with E-state index in [-0.39, 0.29) is 25.7 Å². The quantitative estimate of drug-likeness (QED) is 0.0222. The number of ether oxygens (including phenoxy) is 4. The van der Waals surface area contributed by atoms with E-state index < -0.39 is 97.5 Å². The Morgan fingerprint density at radius 1 is 0.315 bits per heavy atom.